The second-order valence-electron chi connectivity index (χ2n) is 7.61. The number of benzene rings is 1. The number of hydrogen-bond acceptors (Lipinski definition) is 3. The van der Waals surface area contributed by atoms with Crippen LogP contribution in [0, 0.1) is 0 Å². The highest BCUT2D eigenvalue weighted by Crippen LogP contribution is 2.19. The number of likely N-dealkylation sites (N-methyl/N-ethyl adjacent to an activating group) is 2. The zero-order valence-corrected chi connectivity index (χ0v) is 20.4. The lowest BCUT2D eigenvalue weighted by atomic mass is 10.1. The van der Waals surface area contributed by atoms with Gasteiger partial charge in [-0.25, -0.2) is 0 Å². The number of hydrogen-bond donors (Lipinski definition) is 2. The number of halogens is 2. The van der Waals surface area contributed by atoms with E-state index in [1.54, 1.807) is 7.05 Å². The van der Waals surface area contributed by atoms with Crippen LogP contribution in [0.4, 0.5) is 0 Å². The molecule has 1 atom stereocenters. The van der Waals surface area contributed by atoms with Gasteiger partial charge in [0.15, 0.2) is 5.96 Å². The molecule has 0 aliphatic carbocycles. The van der Waals surface area contributed by atoms with Crippen molar-refractivity contribution in [1.82, 2.24) is 20.4 Å². The van der Waals surface area contributed by atoms with Crippen molar-refractivity contribution < 1.29 is 4.79 Å². The maximum atomic E-state index is 12.1. The maximum Gasteiger partial charge on any atom is 0.240 e. The van der Waals surface area contributed by atoms with Crippen molar-refractivity contribution in [2.24, 2.45) is 4.99 Å². The average molecular weight is 510 g/mol. The molecule has 0 radical (unpaired) electrons. The second-order valence-corrected chi connectivity index (χ2v) is 8.05. The van der Waals surface area contributed by atoms with Crippen molar-refractivity contribution in [3.05, 3.63) is 34.9 Å². The molecule has 0 heterocycles. The van der Waals surface area contributed by atoms with Gasteiger partial charge in [-0.1, -0.05) is 23.7 Å². The summed E-state index contributed by atoms with van der Waals surface area (Å²) in [5.74, 6) is 0.639. The van der Waals surface area contributed by atoms with Gasteiger partial charge in [-0.2, -0.15) is 0 Å². The molecule has 154 valence electrons. The van der Waals surface area contributed by atoms with E-state index >= 15 is 0 Å². The van der Waals surface area contributed by atoms with E-state index in [1.807, 2.05) is 71.1 Å². The lowest BCUT2D eigenvalue weighted by Crippen LogP contribution is -2.49. The molecule has 0 aromatic heterocycles. The predicted octanol–water partition coefficient (Wildman–Crippen LogP) is 2.98. The van der Waals surface area contributed by atoms with E-state index in [-0.39, 0.29) is 48.0 Å². The third-order valence-electron chi connectivity index (χ3n) is 3.80. The van der Waals surface area contributed by atoms with Gasteiger partial charge in [-0.05, 0) is 52.6 Å². The van der Waals surface area contributed by atoms with Crippen LogP contribution in [0.2, 0.25) is 5.02 Å². The summed E-state index contributed by atoms with van der Waals surface area (Å²) in [6.07, 6.45) is 0. The summed E-state index contributed by atoms with van der Waals surface area (Å²) < 4.78 is 0. The molecule has 0 bridgehead atoms. The van der Waals surface area contributed by atoms with Crippen LogP contribution < -0.4 is 10.6 Å². The normalized spacial score (nSPS) is 13.0. The minimum absolute atomic E-state index is 0. The van der Waals surface area contributed by atoms with E-state index in [9.17, 15) is 4.79 Å². The molecule has 6 nitrogen and oxygen atoms in total. The first-order valence-electron chi connectivity index (χ1n) is 8.68. The van der Waals surface area contributed by atoms with Gasteiger partial charge >= 0.3 is 0 Å². The fourth-order valence-corrected chi connectivity index (χ4v) is 2.73. The van der Waals surface area contributed by atoms with Crippen LogP contribution in [-0.4, -0.2) is 68.5 Å². The molecule has 8 heteroatoms. The van der Waals surface area contributed by atoms with Crippen LogP contribution in [0.25, 0.3) is 0 Å². The van der Waals surface area contributed by atoms with Gasteiger partial charge in [-0.15, -0.1) is 24.0 Å². The quantitative estimate of drug-likeness (QED) is 0.352. The molecule has 1 rings (SSSR count). The zero-order valence-electron chi connectivity index (χ0n) is 17.3. The highest BCUT2D eigenvalue weighted by Gasteiger charge is 2.19. The molecular formula is C19H33ClIN5O. The van der Waals surface area contributed by atoms with E-state index in [0.29, 0.717) is 12.5 Å². The molecule has 1 aromatic carbocycles. The van der Waals surface area contributed by atoms with Gasteiger partial charge in [0.05, 0.1) is 12.6 Å². The molecule has 0 saturated heterocycles. The Balaban J connectivity index is 0.00000676. The SMILES string of the molecule is CN=C(NCC(c1ccc(Cl)cc1)N(C)C)N(C)CC(=O)NC(C)(C)C.I. The fourth-order valence-electron chi connectivity index (χ4n) is 2.60. The monoisotopic (exact) mass is 509 g/mol. The molecule has 1 aromatic rings. The van der Waals surface area contributed by atoms with Gasteiger partial charge in [0, 0.05) is 31.2 Å². The molecule has 27 heavy (non-hydrogen) atoms. The fraction of sp³-hybridized carbons (Fsp3) is 0.579. The number of nitrogens with zero attached hydrogens (tertiary/aromatic N) is 3. The van der Waals surface area contributed by atoms with Gasteiger partial charge in [-0.3, -0.25) is 9.79 Å². The maximum absolute atomic E-state index is 12.1. The van der Waals surface area contributed by atoms with Gasteiger partial charge in [0.25, 0.3) is 0 Å². The Hall–Kier alpha value is -1.06. The van der Waals surface area contributed by atoms with Crippen LogP contribution >= 0.6 is 35.6 Å². The van der Waals surface area contributed by atoms with Crippen molar-refractivity contribution in [3.8, 4) is 0 Å². The Morgan fingerprint density at radius 3 is 2.19 bits per heavy atom. The summed E-state index contributed by atoms with van der Waals surface area (Å²) in [5.41, 5.74) is 0.912. The molecule has 0 saturated carbocycles. The number of aliphatic imine (C=N–C) groups is 1. The summed E-state index contributed by atoms with van der Waals surface area (Å²) in [4.78, 5) is 20.4. The molecule has 1 unspecified atom stereocenters. The average Bonchev–Trinajstić information content (AvgIpc) is 2.50. The number of rotatable bonds is 6. The van der Waals surface area contributed by atoms with E-state index in [2.05, 4.69) is 20.5 Å². The van der Waals surface area contributed by atoms with E-state index in [4.69, 9.17) is 11.6 Å². The van der Waals surface area contributed by atoms with Crippen molar-refractivity contribution in [2.45, 2.75) is 32.4 Å². The minimum Gasteiger partial charge on any atom is -0.354 e. The highest BCUT2D eigenvalue weighted by molar-refractivity contribution is 14.0. The summed E-state index contributed by atoms with van der Waals surface area (Å²) in [5, 5.41) is 7.03. The lowest BCUT2D eigenvalue weighted by Gasteiger charge is -2.29. The molecule has 0 aliphatic rings. The molecule has 0 spiro atoms. The van der Waals surface area contributed by atoms with Crippen LogP contribution in [0.3, 0.4) is 0 Å². The Morgan fingerprint density at radius 1 is 1.19 bits per heavy atom. The Labute approximate surface area is 185 Å². The van der Waals surface area contributed by atoms with Crippen LogP contribution in [0.1, 0.15) is 32.4 Å². The third-order valence-corrected chi connectivity index (χ3v) is 4.05. The summed E-state index contributed by atoms with van der Waals surface area (Å²) >= 11 is 5.99. The van der Waals surface area contributed by atoms with Crippen LogP contribution in [0.15, 0.2) is 29.3 Å². The number of carbonyl (C=O) groups is 1. The van der Waals surface area contributed by atoms with Crippen molar-refractivity contribution in [1.29, 1.82) is 0 Å². The van der Waals surface area contributed by atoms with Crippen LogP contribution in [-0.2, 0) is 4.79 Å². The Kier molecular flexibility index (Phi) is 11.2. The highest BCUT2D eigenvalue weighted by atomic mass is 127. The molecular weight excluding hydrogens is 477 g/mol. The number of guanidine groups is 1. The molecule has 0 fully saturated rings. The first-order chi connectivity index (χ1) is 12.0. The third kappa shape index (κ3) is 9.62. The smallest absolute Gasteiger partial charge is 0.240 e. The zero-order chi connectivity index (χ0) is 19.9. The summed E-state index contributed by atoms with van der Waals surface area (Å²) in [7, 11) is 7.63. The van der Waals surface area contributed by atoms with Gasteiger partial charge in [0.2, 0.25) is 5.91 Å². The van der Waals surface area contributed by atoms with Gasteiger partial charge in [0.1, 0.15) is 0 Å². The van der Waals surface area contributed by atoms with Crippen molar-refractivity contribution >= 4 is 47.4 Å². The molecule has 0 aliphatic heterocycles. The standard InChI is InChI=1S/C19H32ClN5O.HI/c1-19(2,3)23-17(26)13-25(7)18(21-4)22-12-16(24(5)6)14-8-10-15(20)11-9-14;/h8-11,16H,12-13H2,1-7H3,(H,21,22)(H,23,26);1H. The minimum atomic E-state index is -0.251. The second kappa shape index (κ2) is 11.7. The Bertz CT molecular complexity index is 614. The summed E-state index contributed by atoms with van der Waals surface area (Å²) in [6.45, 7) is 6.79. The largest absolute Gasteiger partial charge is 0.354 e. The van der Waals surface area contributed by atoms with Crippen LogP contribution in [0.5, 0.6) is 0 Å². The number of nitrogens with one attached hydrogen (secondary N) is 2. The number of amides is 1. The predicted molar refractivity (Wildman–Crippen MR) is 125 cm³/mol. The first kappa shape index (κ1) is 25.9. The summed E-state index contributed by atoms with van der Waals surface area (Å²) in [6, 6.07) is 7.99. The van der Waals surface area contributed by atoms with E-state index < -0.39 is 0 Å². The van der Waals surface area contributed by atoms with E-state index in [1.165, 1.54) is 0 Å². The van der Waals surface area contributed by atoms with E-state index in [0.717, 1.165) is 10.6 Å². The Morgan fingerprint density at radius 2 is 1.74 bits per heavy atom. The lowest BCUT2D eigenvalue weighted by molar-refractivity contribution is -0.122. The van der Waals surface area contributed by atoms with Crippen molar-refractivity contribution in [3.63, 3.8) is 0 Å². The number of carbonyl (C=O) groups excluding carboxylic acids is 1. The molecule has 2 N–H and O–H groups in total. The topological polar surface area (TPSA) is 60.0 Å². The first-order valence-corrected chi connectivity index (χ1v) is 9.06. The van der Waals surface area contributed by atoms with Gasteiger partial charge < -0.3 is 20.4 Å². The molecule has 1 amide bonds. The van der Waals surface area contributed by atoms with Crippen molar-refractivity contribution in [2.75, 3.05) is 41.3 Å².